The molecule has 2 aliphatic heterocycles. The lowest BCUT2D eigenvalue weighted by atomic mass is 9.97. The zero-order chi connectivity index (χ0) is 18.0. The van der Waals surface area contributed by atoms with Crippen LogP contribution < -0.4 is 10.6 Å². The zero-order valence-electron chi connectivity index (χ0n) is 15.6. The van der Waals surface area contributed by atoms with Gasteiger partial charge in [0.2, 0.25) is 0 Å². The maximum Gasteiger partial charge on any atom is 0.314 e. The third kappa shape index (κ3) is 6.87. The largest absolute Gasteiger partial charge is 0.379 e. The third-order valence-corrected chi connectivity index (χ3v) is 6.12. The number of carbonyl (C=O) groups is 1. The predicted molar refractivity (Wildman–Crippen MR) is 106 cm³/mol. The molecule has 2 N–H and O–H groups in total. The van der Waals surface area contributed by atoms with Crippen molar-refractivity contribution >= 4 is 17.4 Å². The second-order valence-corrected chi connectivity index (χ2v) is 8.28. The summed E-state index contributed by atoms with van der Waals surface area (Å²) in [5.74, 6) is 0.605. The van der Waals surface area contributed by atoms with E-state index in [1.54, 1.807) is 0 Å². The van der Waals surface area contributed by atoms with E-state index in [2.05, 4.69) is 37.9 Å². The molecule has 2 aliphatic rings. The van der Waals surface area contributed by atoms with Gasteiger partial charge in [0.05, 0.1) is 13.2 Å². The standard InChI is InChI=1S/C19H32N4O2S/c24-19(20-6-2-7-22-10-12-25-13-11-22)21-15-17-4-8-23(9-5-17)16-18-3-1-14-26-18/h1,3,14,17H,2,4-13,15-16H2,(H2,20,21,24). The highest BCUT2D eigenvalue weighted by molar-refractivity contribution is 7.09. The number of amides is 2. The summed E-state index contributed by atoms with van der Waals surface area (Å²) >= 11 is 1.83. The molecule has 7 heteroatoms. The van der Waals surface area contributed by atoms with Gasteiger partial charge in [0, 0.05) is 37.6 Å². The summed E-state index contributed by atoms with van der Waals surface area (Å²) in [6, 6.07) is 4.31. The van der Waals surface area contributed by atoms with Crippen LogP contribution >= 0.6 is 11.3 Å². The van der Waals surface area contributed by atoms with Crippen molar-refractivity contribution in [3.8, 4) is 0 Å². The van der Waals surface area contributed by atoms with Gasteiger partial charge in [0.15, 0.2) is 0 Å². The zero-order valence-corrected chi connectivity index (χ0v) is 16.4. The van der Waals surface area contributed by atoms with E-state index in [0.29, 0.717) is 5.92 Å². The maximum absolute atomic E-state index is 11.9. The fourth-order valence-corrected chi connectivity index (χ4v) is 4.35. The third-order valence-electron chi connectivity index (χ3n) is 5.26. The van der Waals surface area contributed by atoms with Gasteiger partial charge in [-0.1, -0.05) is 6.07 Å². The molecule has 0 spiro atoms. The SMILES string of the molecule is O=C(NCCCN1CCOCC1)NCC1CCN(Cc2cccs2)CC1. The van der Waals surface area contributed by atoms with Crippen molar-refractivity contribution in [2.45, 2.75) is 25.8 Å². The molecular weight excluding hydrogens is 348 g/mol. The van der Waals surface area contributed by atoms with Crippen LogP contribution in [-0.4, -0.2) is 74.9 Å². The van der Waals surface area contributed by atoms with Crippen molar-refractivity contribution in [1.82, 2.24) is 20.4 Å². The highest BCUT2D eigenvalue weighted by Gasteiger charge is 2.20. The predicted octanol–water partition coefficient (Wildman–Crippen LogP) is 1.98. The van der Waals surface area contributed by atoms with Crippen molar-refractivity contribution in [2.24, 2.45) is 5.92 Å². The van der Waals surface area contributed by atoms with Gasteiger partial charge < -0.3 is 15.4 Å². The summed E-state index contributed by atoms with van der Waals surface area (Å²) in [4.78, 5) is 18.3. The first-order valence-electron chi connectivity index (χ1n) is 9.86. The van der Waals surface area contributed by atoms with Crippen LogP contribution in [0.2, 0.25) is 0 Å². The molecule has 0 aliphatic carbocycles. The first kappa shape index (κ1) is 19.6. The van der Waals surface area contributed by atoms with E-state index in [1.807, 2.05) is 11.3 Å². The second-order valence-electron chi connectivity index (χ2n) is 7.24. The summed E-state index contributed by atoms with van der Waals surface area (Å²) in [5, 5.41) is 8.18. The Kier molecular flexibility index (Phi) is 8.20. The molecule has 26 heavy (non-hydrogen) atoms. The average Bonchev–Trinajstić information content (AvgIpc) is 3.19. The number of nitrogens with zero attached hydrogens (tertiary/aromatic N) is 2. The van der Waals surface area contributed by atoms with E-state index in [0.717, 1.165) is 72.0 Å². The minimum Gasteiger partial charge on any atom is -0.379 e. The van der Waals surface area contributed by atoms with Crippen LogP contribution in [0.15, 0.2) is 17.5 Å². The summed E-state index contributed by atoms with van der Waals surface area (Å²) < 4.78 is 5.34. The van der Waals surface area contributed by atoms with Crippen molar-refractivity contribution in [3.05, 3.63) is 22.4 Å². The Balaban J connectivity index is 1.20. The smallest absolute Gasteiger partial charge is 0.314 e. The van der Waals surface area contributed by atoms with Crippen molar-refractivity contribution in [3.63, 3.8) is 0 Å². The molecule has 2 saturated heterocycles. The van der Waals surface area contributed by atoms with Crippen LogP contribution in [0.4, 0.5) is 4.79 Å². The van der Waals surface area contributed by atoms with Gasteiger partial charge >= 0.3 is 6.03 Å². The summed E-state index contributed by atoms with van der Waals surface area (Å²) in [7, 11) is 0. The molecule has 2 amide bonds. The fraction of sp³-hybridized carbons (Fsp3) is 0.737. The Labute approximate surface area is 160 Å². The minimum absolute atomic E-state index is 0.0204. The van der Waals surface area contributed by atoms with E-state index in [9.17, 15) is 4.79 Å². The van der Waals surface area contributed by atoms with E-state index in [-0.39, 0.29) is 6.03 Å². The average molecular weight is 381 g/mol. The van der Waals surface area contributed by atoms with Crippen molar-refractivity contribution < 1.29 is 9.53 Å². The molecule has 0 bridgehead atoms. The Morgan fingerprint density at radius 1 is 1.15 bits per heavy atom. The molecule has 3 rings (SSSR count). The van der Waals surface area contributed by atoms with Crippen LogP contribution in [0.25, 0.3) is 0 Å². The number of hydrogen-bond acceptors (Lipinski definition) is 5. The van der Waals surface area contributed by atoms with Crippen LogP contribution in [-0.2, 0) is 11.3 Å². The van der Waals surface area contributed by atoms with Crippen molar-refractivity contribution in [1.29, 1.82) is 0 Å². The quantitative estimate of drug-likeness (QED) is 0.677. The number of thiophene rings is 1. The number of likely N-dealkylation sites (tertiary alicyclic amines) is 1. The molecule has 0 aromatic carbocycles. The number of morpholine rings is 1. The molecule has 2 fully saturated rings. The fourth-order valence-electron chi connectivity index (χ4n) is 3.60. The number of hydrogen-bond donors (Lipinski definition) is 2. The van der Waals surface area contributed by atoms with E-state index < -0.39 is 0 Å². The summed E-state index contributed by atoms with van der Waals surface area (Å²) in [6.07, 6.45) is 3.33. The van der Waals surface area contributed by atoms with Gasteiger partial charge in [-0.05, 0) is 56.3 Å². The summed E-state index contributed by atoms with van der Waals surface area (Å²) in [5.41, 5.74) is 0. The van der Waals surface area contributed by atoms with Gasteiger partial charge in [0.25, 0.3) is 0 Å². The van der Waals surface area contributed by atoms with Gasteiger partial charge in [0.1, 0.15) is 0 Å². The topological polar surface area (TPSA) is 56.8 Å². The number of nitrogens with one attached hydrogen (secondary N) is 2. The molecule has 1 aromatic rings. The minimum atomic E-state index is -0.0204. The highest BCUT2D eigenvalue weighted by Crippen LogP contribution is 2.20. The Morgan fingerprint density at radius 2 is 1.96 bits per heavy atom. The number of ether oxygens (including phenoxy) is 1. The monoisotopic (exact) mass is 380 g/mol. The van der Waals surface area contributed by atoms with Gasteiger partial charge in [-0.2, -0.15) is 0 Å². The van der Waals surface area contributed by atoms with Crippen molar-refractivity contribution in [2.75, 3.05) is 59.0 Å². The van der Waals surface area contributed by atoms with Gasteiger partial charge in [-0.25, -0.2) is 4.79 Å². The first-order valence-corrected chi connectivity index (χ1v) is 10.7. The molecular formula is C19H32N4O2S. The van der Waals surface area contributed by atoms with Crippen LogP contribution in [0, 0.1) is 5.92 Å². The molecule has 0 saturated carbocycles. The molecule has 1 aromatic heterocycles. The Bertz CT molecular complexity index is 512. The number of carbonyl (C=O) groups excluding carboxylic acids is 1. The Hall–Kier alpha value is -1.15. The molecule has 146 valence electrons. The lowest BCUT2D eigenvalue weighted by Gasteiger charge is -2.31. The molecule has 3 heterocycles. The van der Waals surface area contributed by atoms with Gasteiger partial charge in [-0.15, -0.1) is 11.3 Å². The molecule has 0 atom stereocenters. The maximum atomic E-state index is 11.9. The van der Waals surface area contributed by atoms with Crippen LogP contribution in [0.5, 0.6) is 0 Å². The van der Waals surface area contributed by atoms with E-state index in [4.69, 9.17) is 4.74 Å². The number of rotatable bonds is 8. The van der Waals surface area contributed by atoms with Crippen LogP contribution in [0.3, 0.4) is 0 Å². The Morgan fingerprint density at radius 3 is 2.69 bits per heavy atom. The number of urea groups is 1. The molecule has 0 unspecified atom stereocenters. The normalized spacial score (nSPS) is 20.2. The van der Waals surface area contributed by atoms with Gasteiger partial charge in [-0.3, -0.25) is 9.80 Å². The number of piperidine rings is 1. The van der Waals surface area contributed by atoms with Crippen LogP contribution in [0.1, 0.15) is 24.1 Å². The first-order chi connectivity index (χ1) is 12.8. The van der Waals surface area contributed by atoms with E-state index in [1.165, 1.54) is 17.7 Å². The lowest BCUT2D eigenvalue weighted by molar-refractivity contribution is 0.0375. The molecule has 0 radical (unpaired) electrons. The summed E-state index contributed by atoms with van der Waals surface area (Å²) in [6.45, 7) is 9.59. The highest BCUT2D eigenvalue weighted by atomic mass is 32.1. The van der Waals surface area contributed by atoms with E-state index >= 15 is 0 Å². The second kappa shape index (κ2) is 10.9. The lowest BCUT2D eigenvalue weighted by Crippen LogP contribution is -2.42. The molecule has 6 nitrogen and oxygen atoms in total.